The minimum atomic E-state index is -0.344. The Bertz CT molecular complexity index is 723. The molecule has 0 bridgehead atoms. The molecule has 2 atom stereocenters. The first kappa shape index (κ1) is 15.7. The summed E-state index contributed by atoms with van der Waals surface area (Å²) < 4.78 is 1.78. The van der Waals surface area contributed by atoms with Crippen molar-refractivity contribution in [3.8, 4) is 0 Å². The van der Waals surface area contributed by atoms with E-state index in [1.165, 1.54) is 0 Å². The zero-order valence-electron chi connectivity index (χ0n) is 13.4. The van der Waals surface area contributed by atoms with Crippen LogP contribution < -0.4 is 5.32 Å². The van der Waals surface area contributed by atoms with Crippen LogP contribution in [0.1, 0.15) is 28.6 Å². The SMILES string of the molecule is Cc1c(CNC(=O)[C@H]2CC(=O)N(C)[C@@H]2c2cccs2)cnn1C. The number of nitrogens with one attached hydrogen (secondary N) is 1. The van der Waals surface area contributed by atoms with Crippen LogP contribution in [-0.4, -0.2) is 33.5 Å². The fourth-order valence-electron chi connectivity index (χ4n) is 2.98. The fraction of sp³-hybridized carbons (Fsp3) is 0.438. The zero-order valence-corrected chi connectivity index (χ0v) is 14.3. The third-order valence-corrected chi connectivity index (χ3v) is 5.49. The van der Waals surface area contributed by atoms with Crippen LogP contribution in [0.2, 0.25) is 0 Å². The lowest BCUT2D eigenvalue weighted by Gasteiger charge is -2.23. The van der Waals surface area contributed by atoms with Crippen molar-refractivity contribution >= 4 is 23.2 Å². The Morgan fingerprint density at radius 2 is 2.26 bits per heavy atom. The number of aryl methyl sites for hydroxylation is 1. The van der Waals surface area contributed by atoms with Gasteiger partial charge in [-0.1, -0.05) is 6.07 Å². The Labute approximate surface area is 139 Å². The van der Waals surface area contributed by atoms with Crippen molar-refractivity contribution in [2.24, 2.45) is 13.0 Å². The Morgan fingerprint density at radius 1 is 1.48 bits per heavy atom. The minimum Gasteiger partial charge on any atom is -0.352 e. The normalized spacial score (nSPS) is 21.0. The molecule has 1 saturated heterocycles. The molecule has 1 fully saturated rings. The molecule has 0 radical (unpaired) electrons. The van der Waals surface area contributed by atoms with Gasteiger partial charge in [0.1, 0.15) is 0 Å². The maximum Gasteiger partial charge on any atom is 0.226 e. The third-order valence-electron chi connectivity index (χ3n) is 4.55. The summed E-state index contributed by atoms with van der Waals surface area (Å²) in [5, 5.41) is 9.11. The van der Waals surface area contributed by atoms with Gasteiger partial charge in [-0.2, -0.15) is 5.10 Å². The van der Waals surface area contributed by atoms with Crippen molar-refractivity contribution in [1.82, 2.24) is 20.0 Å². The number of carbonyl (C=O) groups is 2. The van der Waals surface area contributed by atoms with E-state index in [-0.39, 0.29) is 30.2 Å². The van der Waals surface area contributed by atoms with Crippen LogP contribution in [0.5, 0.6) is 0 Å². The molecule has 0 spiro atoms. The first-order valence-corrected chi connectivity index (χ1v) is 8.41. The predicted octanol–water partition coefficient (Wildman–Crippen LogP) is 1.63. The highest BCUT2D eigenvalue weighted by Crippen LogP contribution is 2.39. The van der Waals surface area contributed by atoms with Gasteiger partial charge in [-0.05, 0) is 18.4 Å². The lowest BCUT2D eigenvalue weighted by atomic mass is 9.98. The van der Waals surface area contributed by atoms with Crippen molar-refractivity contribution in [3.05, 3.63) is 39.8 Å². The van der Waals surface area contributed by atoms with Gasteiger partial charge in [-0.15, -0.1) is 11.3 Å². The molecular weight excluding hydrogens is 312 g/mol. The number of aromatic nitrogens is 2. The second-order valence-corrected chi connectivity index (χ2v) is 6.85. The van der Waals surface area contributed by atoms with Crippen LogP contribution in [0.15, 0.2) is 23.7 Å². The number of amides is 2. The number of hydrogen-bond acceptors (Lipinski definition) is 4. The summed E-state index contributed by atoms with van der Waals surface area (Å²) in [4.78, 5) is 27.4. The van der Waals surface area contributed by atoms with E-state index < -0.39 is 0 Å². The lowest BCUT2D eigenvalue weighted by molar-refractivity contribution is -0.128. The van der Waals surface area contributed by atoms with Gasteiger partial charge in [0.2, 0.25) is 11.8 Å². The molecule has 2 aromatic heterocycles. The highest BCUT2D eigenvalue weighted by molar-refractivity contribution is 7.10. The Hall–Kier alpha value is -2.15. The van der Waals surface area contributed by atoms with Crippen LogP contribution >= 0.6 is 11.3 Å². The quantitative estimate of drug-likeness (QED) is 0.925. The van der Waals surface area contributed by atoms with Gasteiger partial charge < -0.3 is 10.2 Å². The summed E-state index contributed by atoms with van der Waals surface area (Å²) in [6, 6.07) is 3.76. The molecule has 1 aliphatic rings. The molecule has 0 saturated carbocycles. The summed E-state index contributed by atoms with van der Waals surface area (Å²) in [5.74, 6) is -0.409. The van der Waals surface area contributed by atoms with E-state index in [0.717, 1.165) is 16.1 Å². The van der Waals surface area contributed by atoms with E-state index in [0.29, 0.717) is 6.54 Å². The molecule has 3 rings (SSSR count). The van der Waals surface area contributed by atoms with Crippen LogP contribution in [-0.2, 0) is 23.2 Å². The zero-order chi connectivity index (χ0) is 16.6. The average molecular weight is 332 g/mol. The molecule has 23 heavy (non-hydrogen) atoms. The van der Waals surface area contributed by atoms with Gasteiger partial charge in [0.15, 0.2) is 0 Å². The molecule has 2 aromatic rings. The van der Waals surface area contributed by atoms with Crippen LogP contribution in [0.3, 0.4) is 0 Å². The van der Waals surface area contributed by atoms with Crippen LogP contribution in [0, 0.1) is 12.8 Å². The number of nitrogens with zero attached hydrogens (tertiary/aromatic N) is 3. The van der Waals surface area contributed by atoms with E-state index >= 15 is 0 Å². The van der Waals surface area contributed by atoms with Gasteiger partial charge in [-0.3, -0.25) is 14.3 Å². The minimum absolute atomic E-state index is 0.0149. The van der Waals surface area contributed by atoms with Gasteiger partial charge >= 0.3 is 0 Å². The topological polar surface area (TPSA) is 67.2 Å². The van der Waals surface area contributed by atoms with Crippen molar-refractivity contribution in [3.63, 3.8) is 0 Å². The van der Waals surface area contributed by atoms with Crippen LogP contribution in [0.25, 0.3) is 0 Å². The molecule has 6 nitrogen and oxygen atoms in total. The first-order chi connectivity index (χ1) is 11.0. The number of carbonyl (C=O) groups excluding carboxylic acids is 2. The van der Waals surface area contributed by atoms with Gasteiger partial charge in [0.05, 0.1) is 18.2 Å². The second kappa shape index (κ2) is 6.16. The summed E-state index contributed by atoms with van der Waals surface area (Å²) >= 11 is 1.58. The smallest absolute Gasteiger partial charge is 0.226 e. The number of thiophene rings is 1. The molecule has 0 aliphatic carbocycles. The summed E-state index contributed by atoms with van der Waals surface area (Å²) in [7, 11) is 3.64. The lowest BCUT2D eigenvalue weighted by Crippen LogP contribution is -2.34. The largest absolute Gasteiger partial charge is 0.352 e. The molecule has 2 amide bonds. The van der Waals surface area contributed by atoms with Gasteiger partial charge in [0.25, 0.3) is 0 Å². The standard InChI is InChI=1S/C16H20N4O2S/c1-10-11(9-18-20(10)3)8-17-16(22)12-7-14(21)19(2)15(12)13-5-4-6-23-13/h4-6,9,12,15H,7-8H2,1-3H3,(H,17,22)/t12-,15-/m0/s1. The summed E-state index contributed by atoms with van der Waals surface area (Å²) in [6.07, 6.45) is 2.02. The molecule has 3 heterocycles. The van der Waals surface area contributed by atoms with Crippen molar-refractivity contribution < 1.29 is 9.59 Å². The third kappa shape index (κ3) is 2.88. The highest BCUT2D eigenvalue weighted by atomic mass is 32.1. The average Bonchev–Trinajstić information content (AvgIpc) is 3.22. The monoisotopic (exact) mass is 332 g/mol. The Balaban J connectivity index is 1.73. The van der Waals surface area contributed by atoms with E-state index in [4.69, 9.17) is 0 Å². The predicted molar refractivity (Wildman–Crippen MR) is 87.7 cm³/mol. The first-order valence-electron chi connectivity index (χ1n) is 7.53. The van der Waals surface area contributed by atoms with E-state index in [1.807, 2.05) is 31.5 Å². The van der Waals surface area contributed by atoms with E-state index in [1.54, 1.807) is 34.2 Å². The molecule has 0 aromatic carbocycles. The van der Waals surface area contributed by atoms with Crippen molar-refractivity contribution in [2.75, 3.05) is 7.05 Å². The molecule has 122 valence electrons. The summed E-state index contributed by atoms with van der Waals surface area (Å²) in [6.45, 7) is 2.40. The van der Waals surface area contributed by atoms with Crippen molar-refractivity contribution in [2.45, 2.75) is 25.9 Å². The van der Waals surface area contributed by atoms with Crippen LogP contribution in [0.4, 0.5) is 0 Å². The second-order valence-electron chi connectivity index (χ2n) is 5.87. The molecule has 1 aliphatic heterocycles. The van der Waals surface area contributed by atoms with Gasteiger partial charge in [0, 0.05) is 43.2 Å². The van der Waals surface area contributed by atoms with Crippen molar-refractivity contribution in [1.29, 1.82) is 0 Å². The molecular formula is C16H20N4O2S. The number of likely N-dealkylation sites (tertiary alicyclic amines) is 1. The molecule has 0 unspecified atom stereocenters. The Kier molecular flexibility index (Phi) is 4.21. The maximum atomic E-state index is 12.6. The summed E-state index contributed by atoms with van der Waals surface area (Å²) in [5.41, 5.74) is 2.02. The van der Waals surface area contributed by atoms with Gasteiger partial charge in [-0.25, -0.2) is 0 Å². The maximum absolute atomic E-state index is 12.6. The van der Waals surface area contributed by atoms with E-state index in [2.05, 4.69) is 10.4 Å². The fourth-order valence-corrected chi connectivity index (χ4v) is 3.92. The molecule has 7 heteroatoms. The number of hydrogen-bond donors (Lipinski definition) is 1. The van der Waals surface area contributed by atoms with E-state index in [9.17, 15) is 9.59 Å². The highest BCUT2D eigenvalue weighted by Gasteiger charge is 2.43. The Morgan fingerprint density at radius 3 is 2.87 bits per heavy atom. The molecule has 1 N–H and O–H groups in total. The number of rotatable bonds is 4.